The molecule has 0 spiro atoms. The summed E-state index contributed by atoms with van der Waals surface area (Å²) in [6.45, 7) is 1.89. The average molecular weight is 190 g/mol. The Balaban J connectivity index is 2.00. The Kier molecular flexibility index (Phi) is 2.66. The molecule has 74 valence electrons. The van der Waals surface area contributed by atoms with Crippen LogP contribution in [0.3, 0.4) is 0 Å². The maximum absolute atomic E-state index is 9.61. The Morgan fingerprint density at radius 3 is 2.71 bits per heavy atom. The predicted octanol–water partition coefficient (Wildman–Crippen LogP) is 2.06. The summed E-state index contributed by atoms with van der Waals surface area (Å²) < 4.78 is 5.42. The monoisotopic (exact) mass is 190 g/mol. The molecule has 0 aliphatic carbocycles. The molecule has 2 nitrogen and oxygen atoms in total. The van der Waals surface area contributed by atoms with Crippen LogP contribution in [0, 0.1) is 0 Å². The van der Waals surface area contributed by atoms with Crippen molar-refractivity contribution in [1.82, 2.24) is 0 Å². The molecule has 3 atom stereocenters. The normalized spacial score (nSPS) is 27.9. The third kappa shape index (κ3) is 1.86. The van der Waals surface area contributed by atoms with Crippen LogP contribution in [0.15, 0.2) is 42.5 Å². The first kappa shape index (κ1) is 9.44. The van der Waals surface area contributed by atoms with Crippen LogP contribution in [0.4, 0.5) is 0 Å². The zero-order valence-electron chi connectivity index (χ0n) is 8.13. The van der Waals surface area contributed by atoms with E-state index in [0.29, 0.717) is 0 Å². The Labute approximate surface area is 83.8 Å². The van der Waals surface area contributed by atoms with Crippen molar-refractivity contribution in [3.05, 3.63) is 48.0 Å². The molecule has 2 rings (SSSR count). The maximum atomic E-state index is 9.61. The number of ether oxygens (including phenoxy) is 1. The van der Waals surface area contributed by atoms with Crippen molar-refractivity contribution in [3.8, 4) is 0 Å². The minimum Gasteiger partial charge on any atom is -0.386 e. The van der Waals surface area contributed by atoms with E-state index < -0.39 is 6.10 Å². The molecule has 2 heteroatoms. The van der Waals surface area contributed by atoms with Gasteiger partial charge in [0.25, 0.3) is 0 Å². The van der Waals surface area contributed by atoms with Crippen molar-refractivity contribution < 1.29 is 9.84 Å². The molecule has 1 aromatic carbocycles. The average Bonchev–Trinajstić information content (AvgIpc) is 2.99. The van der Waals surface area contributed by atoms with Crippen molar-refractivity contribution >= 4 is 0 Å². The summed E-state index contributed by atoms with van der Waals surface area (Å²) in [6, 6.07) is 9.98. The molecule has 1 aromatic rings. The van der Waals surface area contributed by atoms with E-state index >= 15 is 0 Å². The van der Waals surface area contributed by atoms with Gasteiger partial charge in [-0.15, -0.1) is 0 Å². The van der Waals surface area contributed by atoms with Crippen LogP contribution in [-0.4, -0.2) is 17.3 Å². The van der Waals surface area contributed by atoms with Gasteiger partial charge in [0.15, 0.2) is 0 Å². The number of hydrogen-bond acceptors (Lipinski definition) is 2. The summed E-state index contributed by atoms with van der Waals surface area (Å²) in [6.07, 6.45) is 3.13. The third-order valence-corrected chi connectivity index (χ3v) is 2.38. The van der Waals surface area contributed by atoms with E-state index in [2.05, 4.69) is 0 Å². The molecule has 0 radical (unpaired) electrons. The number of aliphatic hydroxyl groups excluding tert-OH is 1. The van der Waals surface area contributed by atoms with Crippen molar-refractivity contribution in [3.63, 3.8) is 0 Å². The van der Waals surface area contributed by atoms with Crippen molar-refractivity contribution in [2.45, 2.75) is 25.2 Å². The van der Waals surface area contributed by atoms with Gasteiger partial charge in [-0.05, 0) is 12.5 Å². The quantitative estimate of drug-likeness (QED) is 0.584. The van der Waals surface area contributed by atoms with Crippen molar-refractivity contribution in [2.75, 3.05) is 0 Å². The maximum Gasteiger partial charge on any atom is 0.118 e. The highest BCUT2D eigenvalue weighted by Gasteiger charge is 2.44. The standard InChI is InChI=1S/C12H14O2/c1-2-6-10(13)12-11(14-12)9-7-4-3-5-8-9/h2-8,10-13H,1H3/b6-2+/t10-,11-,12-/m1/s1. The lowest BCUT2D eigenvalue weighted by Gasteiger charge is -1.99. The smallest absolute Gasteiger partial charge is 0.118 e. The molecule has 1 N–H and O–H groups in total. The molecule has 1 heterocycles. The van der Waals surface area contributed by atoms with Gasteiger partial charge in [0.05, 0.1) is 0 Å². The molecule has 1 fully saturated rings. The topological polar surface area (TPSA) is 32.8 Å². The highest BCUT2D eigenvalue weighted by Crippen LogP contribution is 2.40. The molecule has 0 aromatic heterocycles. The van der Waals surface area contributed by atoms with Crippen LogP contribution >= 0.6 is 0 Å². The molecule has 1 aliphatic heterocycles. The van der Waals surface area contributed by atoms with E-state index in [-0.39, 0.29) is 12.2 Å². The fourth-order valence-corrected chi connectivity index (χ4v) is 1.60. The summed E-state index contributed by atoms with van der Waals surface area (Å²) in [5.41, 5.74) is 1.14. The summed E-state index contributed by atoms with van der Waals surface area (Å²) in [7, 11) is 0. The summed E-state index contributed by atoms with van der Waals surface area (Å²) in [4.78, 5) is 0. The van der Waals surface area contributed by atoms with Crippen molar-refractivity contribution in [1.29, 1.82) is 0 Å². The highest BCUT2D eigenvalue weighted by molar-refractivity contribution is 5.23. The fourth-order valence-electron chi connectivity index (χ4n) is 1.60. The van der Waals surface area contributed by atoms with Gasteiger partial charge in [-0.1, -0.05) is 42.5 Å². The van der Waals surface area contributed by atoms with Gasteiger partial charge in [0, 0.05) is 0 Å². The van der Waals surface area contributed by atoms with E-state index in [4.69, 9.17) is 4.74 Å². The van der Waals surface area contributed by atoms with Crippen LogP contribution < -0.4 is 0 Å². The lowest BCUT2D eigenvalue weighted by Crippen LogP contribution is -2.11. The van der Waals surface area contributed by atoms with E-state index in [9.17, 15) is 5.11 Å². The molecule has 0 unspecified atom stereocenters. The number of rotatable bonds is 3. The van der Waals surface area contributed by atoms with Crippen LogP contribution in [0.5, 0.6) is 0 Å². The number of allylic oxidation sites excluding steroid dienone is 1. The number of hydrogen-bond donors (Lipinski definition) is 1. The van der Waals surface area contributed by atoms with Crippen LogP contribution in [0.2, 0.25) is 0 Å². The first-order valence-electron chi connectivity index (χ1n) is 4.84. The first-order valence-corrected chi connectivity index (χ1v) is 4.84. The minimum atomic E-state index is -0.481. The van der Waals surface area contributed by atoms with E-state index in [0.717, 1.165) is 5.56 Å². The predicted molar refractivity (Wildman–Crippen MR) is 54.9 cm³/mol. The first-order chi connectivity index (χ1) is 6.83. The van der Waals surface area contributed by atoms with E-state index in [1.165, 1.54) is 0 Å². The summed E-state index contributed by atoms with van der Waals surface area (Å²) >= 11 is 0. The van der Waals surface area contributed by atoms with Crippen LogP contribution in [0.25, 0.3) is 0 Å². The summed E-state index contributed by atoms with van der Waals surface area (Å²) in [5.74, 6) is 0. The van der Waals surface area contributed by atoms with Gasteiger partial charge in [-0.2, -0.15) is 0 Å². The lowest BCUT2D eigenvalue weighted by molar-refractivity contribution is 0.177. The Morgan fingerprint density at radius 2 is 2.07 bits per heavy atom. The molecular formula is C12H14O2. The van der Waals surface area contributed by atoms with Gasteiger partial charge in [0.2, 0.25) is 0 Å². The molecule has 0 bridgehead atoms. The van der Waals surface area contributed by atoms with E-state index in [1.54, 1.807) is 6.08 Å². The Bertz CT molecular complexity index is 318. The molecule has 1 saturated heterocycles. The number of epoxide rings is 1. The van der Waals surface area contributed by atoms with Crippen molar-refractivity contribution in [2.24, 2.45) is 0 Å². The van der Waals surface area contributed by atoms with Gasteiger partial charge in [-0.3, -0.25) is 0 Å². The molecular weight excluding hydrogens is 176 g/mol. The number of aliphatic hydroxyl groups is 1. The molecule has 0 amide bonds. The highest BCUT2D eigenvalue weighted by atomic mass is 16.6. The Morgan fingerprint density at radius 1 is 1.36 bits per heavy atom. The third-order valence-electron chi connectivity index (χ3n) is 2.38. The fraction of sp³-hybridized carbons (Fsp3) is 0.333. The molecule has 14 heavy (non-hydrogen) atoms. The Hall–Kier alpha value is -1.12. The lowest BCUT2D eigenvalue weighted by atomic mass is 10.1. The van der Waals surface area contributed by atoms with Gasteiger partial charge < -0.3 is 9.84 Å². The second-order valence-corrected chi connectivity index (χ2v) is 3.45. The minimum absolute atomic E-state index is 0.0615. The summed E-state index contributed by atoms with van der Waals surface area (Å²) in [5, 5.41) is 9.61. The second kappa shape index (κ2) is 3.95. The largest absolute Gasteiger partial charge is 0.386 e. The SMILES string of the molecule is C/C=C/[C@@H](O)[C@H]1O[C@@H]1c1ccccc1. The van der Waals surface area contributed by atoms with E-state index in [1.807, 2.05) is 43.3 Å². The van der Waals surface area contributed by atoms with Gasteiger partial charge in [-0.25, -0.2) is 0 Å². The van der Waals surface area contributed by atoms with Gasteiger partial charge in [0.1, 0.15) is 18.3 Å². The zero-order chi connectivity index (χ0) is 9.97. The molecule has 1 aliphatic rings. The number of benzene rings is 1. The van der Waals surface area contributed by atoms with Crippen LogP contribution in [0.1, 0.15) is 18.6 Å². The molecule has 0 saturated carbocycles. The van der Waals surface area contributed by atoms with Crippen LogP contribution in [-0.2, 0) is 4.74 Å². The second-order valence-electron chi connectivity index (χ2n) is 3.45. The van der Waals surface area contributed by atoms with Gasteiger partial charge >= 0.3 is 0 Å². The zero-order valence-corrected chi connectivity index (χ0v) is 8.13.